The lowest BCUT2D eigenvalue weighted by molar-refractivity contribution is 0.553. The maximum absolute atomic E-state index is 5.64. The van der Waals surface area contributed by atoms with Gasteiger partial charge in [0.2, 0.25) is 0 Å². The fraction of sp³-hybridized carbons (Fsp3) is 0.333. The summed E-state index contributed by atoms with van der Waals surface area (Å²) < 4.78 is 5.00. The van der Waals surface area contributed by atoms with Gasteiger partial charge in [0, 0.05) is 0 Å². The number of nitrogens with two attached hydrogens (primary N) is 1. The van der Waals surface area contributed by atoms with Gasteiger partial charge in [0.1, 0.15) is 0 Å². The first kappa shape index (κ1) is 7.90. The molecule has 0 saturated heterocycles. The zero-order chi connectivity index (χ0) is 8.32. The molecule has 0 bridgehead atoms. The molecule has 0 amide bonds. The quantitative estimate of drug-likeness (QED) is 0.566. The van der Waals surface area contributed by atoms with Crippen LogP contribution in [0, 0.1) is 11.8 Å². The summed E-state index contributed by atoms with van der Waals surface area (Å²) in [4.78, 5) is 0. The minimum Gasteiger partial charge on any atom is -0.456 e. The summed E-state index contributed by atoms with van der Waals surface area (Å²) in [7, 11) is 0. The zero-order valence-corrected chi connectivity index (χ0v) is 6.72. The van der Waals surface area contributed by atoms with Crippen LogP contribution in [0.3, 0.4) is 0 Å². The highest BCUT2D eigenvalue weighted by atomic mass is 16.3. The summed E-state index contributed by atoms with van der Waals surface area (Å²) in [5.41, 5.74) is 5.19. The average molecular weight is 149 g/mol. The Morgan fingerprint density at radius 1 is 1.55 bits per heavy atom. The van der Waals surface area contributed by atoms with Gasteiger partial charge in [-0.2, -0.15) is 0 Å². The molecule has 1 rings (SSSR count). The molecule has 0 fully saturated rings. The van der Waals surface area contributed by atoms with Gasteiger partial charge in [-0.3, -0.25) is 0 Å². The maximum Gasteiger partial charge on any atom is 0.176 e. The molecule has 0 aliphatic rings. The lowest BCUT2D eigenvalue weighted by Crippen LogP contribution is -2.29. The first-order valence-electron chi connectivity index (χ1n) is 3.43. The smallest absolute Gasteiger partial charge is 0.176 e. The number of rotatable bonds is 0. The Kier molecular flexibility index (Phi) is 2.02. The molecule has 0 unspecified atom stereocenters. The highest BCUT2D eigenvalue weighted by Crippen LogP contribution is 1.98. The predicted molar refractivity (Wildman–Crippen MR) is 43.9 cm³/mol. The molecule has 58 valence electrons. The number of hydrogen-bond donors (Lipinski definition) is 1. The largest absolute Gasteiger partial charge is 0.456 e. The van der Waals surface area contributed by atoms with Gasteiger partial charge < -0.3 is 10.2 Å². The molecule has 0 saturated carbocycles. The van der Waals surface area contributed by atoms with E-state index in [9.17, 15) is 0 Å². The Hall–Kier alpha value is -1.20. The van der Waals surface area contributed by atoms with Crippen LogP contribution in [0.5, 0.6) is 0 Å². The van der Waals surface area contributed by atoms with Gasteiger partial charge in [-0.05, 0) is 31.9 Å². The molecule has 2 heteroatoms. The van der Waals surface area contributed by atoms with Crippen molar-refractivity contribution in [2.75, 3.05) is 0 Å². The first-order chi connectivity index (χ1) is 5.08. The molecule has 2 N–H and O–H groups in total. The minimum atomic E-state index is -0.452. The number of furan rings is 1. The maximum atomic E-state index is 5.64. The van der Waals surface area contributed by atoms with Crippen LogP contribution in [-0.2, 0) is 0 Å². The topological polar surface area (TPSA) is 39.2 Å². The van der Waals surface area contributed by atoms with Gasteiger partial charge in [-0.25, -0.2) is 0 Å². The van der Waals surface area contributed by atoms with Crippen molar-refractivity contribution >= 4 is 0 Å². The second kappa shape index (κ2) is 2.81. The van der Waals surface area contributed by atoms with Crippen LogP contribution in [0.1, 0.15) is 19.6 Å². The Morgan fingerprint density at radius 2 is 2.27 bits per heavy atom. The molecule has 0 spiro atoms. The van der Waals surface area contributed by atoms with E-state index in [1.807, 2.05) is 13.8 Å². The summed E-state index contributed by atoms with van der Waals surface area (Å²) >= 11 is 0. The van der Waals surface area contributed by atoms with Crippen molar-refractivity contribution in [3.8, 4) is 11.8 Å². The van der Waals surface area contributed by atoms with Gasteiger partial charge in [-0.1, -0.05) is 5.92 Å². The van der Waals surface area contributed by atoms with E-state index in [-0.39, 0.29) is 0 Å². The normalized spacial score (nSPS) is 10.5. The van der Waals surface area contributed by atoms with Gasteiger partial charge >= 0.3 is 0 Å². The molecule has 1 aromatic rings. The Labute approximate surface area is 66.4 Å². The van der Waals surface area contributed by atoms with Crippen LogP contribution < -0.4 is 5.73 Å². The molecule has 11 heavy (non-hydrogen) atoms. The van der Waals surface area contributed by atoms with Crippen LogP contribution >= 0.6 is 0 Å². The zero-order valence-electron chi connectivity index (χ0n) is 6.72. The van der Waals surface area contributed by atoms with E-state index in [1.165, 1.54) is 0 Å². The van der Waals surface area contributed by atoms with Crippen molar-refractivity contribution in [3.05, 3.63) is 24.2 Å². The molecule has 0 radical (unpaired) electrons. The van der Waals surface area contributed by atoms with Crippen molar-refractivity contribution in [1.29, 1.82) is 0 Å². The summed E-state index contributed by atoms with van der Waals surface area (Å²) in [6, 6.07) is 3.60. The molecule has 1 heterocycles. The van der Waals surface area contributed by atoms with Crippen molar-refractivity contribution in [2.45, 2.75) is 19.4 Å². The summed E-state index contributed by atoms with van der Waals surface area (Å²) in [6.45, 7) is 3.70. The first-order valence-corrected chi connectivity index (χ1v) is 3.43. The minimum absolute atomic E-state index is 0.452. The molecule has 0 atom stereocenters. The van der Waals surface area contributed by atoms with Gasteiger partial charge in [0.15, 0.2) is 5.76 Å². The summed E-state index contributed by atoms with van der Waals surface area (Å²) in [5.74, 6) is 6.34. The van der Waals surface area contributed by atoms with Gasteiger partial charge in [0.25, 0.3) is 0 Å². The fourth-order valence-corrected chi connectivity index (χ4v) is 0.572. The third-order valence-corrected chi connectivity index (χ3v) is 1.03. The standard InChI is InChI=1S/C9H11NO/c1-9(2,10)6-5-8-4-3-7-11-8/h3-4,7H,10H2,1-2H3. The SMILES string of the molecule is CC(C)(N)C#Cc1ccco1. The number of hydrogen-bond acceptors (Lipinski definition) is 2. The van der Waals surface area contributed by atoms with E-state index >= 15 is 0 Å². The van der Waals surface area contributed by atoms with Crippen molar-refractivity contribution in [1.82, 2.24) is 0 Å². The summed E-state index contributed by atoms with van der Waals surface area (Å²) in [5, 5.41) is 0. The van der Waals surface area contributed by atoms with E-state index in [0.717, 1.165) is 0 Å². The van der Waals surface area contributed by atoms with Crippen LogP contribution in [0.15, 0.2) is 22.8 Å². The molecule has 0 aliphatic carbocycles. The van der Waals surface area contributed by atoms with Gasteiger partial charge in [0.05, 0.1) is 11.8 Å². The van der Waals surface area contributed by atoms with Crippen LogP contribution in [-0.4, -0.2) is 5.54 Å². The van der Waals surface area contributed by atoms with E-state index in [0.29, 0.717) is 5.76 Å². The third kappa shape index (κ3) is 2.92. The molecule has 2 nitrogen and oxygen atoms in total. The Morgan fingerprint density at radius 3 is 2.73 bits per heavy atom. The van der Waals surface area contributed by atoms with Crippen LogP contribution in [0.2, 0.25) is 0 Å². The highest BCUT2D eigenvalue weighted by molar-refractivity contribution is 5.28. The second-order valence-corrected chi connectivity index (χ2v) is 2.95. The Bertz CT molecular complexity index is 269. The average Bonchev–Trinajstić information content (AvgIpc) is 2.32. The van der Waals surface area contributed by atoms with Crippen molar-refractivity contribution in [2.24, 2.45) is 5.73 Å². The third-order valence-electron chi connectivity index (χ3n) is 1.03. The van der Waals surface area contributed by atoms with Gasteiger partial charge in [-0.15, -0.1) is 0 Å². The van der Waals surface area contributed by atoms with Crippen molar-refractivity contribution in [3.63, 3.8) is 0 Å². The van der Waals surface area contributed by atoms with Crippen molar-refractivity contribution < 1.29 is 4.42 Å². The lowest BCUT2D eigenvalue weighted by Gasteiger charge is -2.06. The molecule has 0 aliphatic heterocycles. The Balaban J connectivity index is 2.74. The van der Waals surface area contributed by atoms with E-state index in [2.05, 4.69) is 11.8 Å². The molecular weight excluding hydrogens is 138 g/mol. The van der Waals surface area contributed by atoms with E-state index < -0.39 is 5.54 Å². The van der Waals surface area contributed by atoms with Crippen LogP contribution in [0.4, 0.5) is 0 Å². The molecular formula is C9H11NO. The second-order valence-electron chi connectivity index (χ2n) is 2.95. The lowest BCUT2D eigenvalue weighted by atomic mass is 10.1. The summed E-state index contributed by atoms with van der Waals surface area (Å²) in [6.07, 6.45) is 1.59. The molecule has 0 aromatic carbocycles. The monoisotopic (exact) mass is 149 g/mol. The highest BCUT2D eigenvalue weighted by Gasteiger charge is 2.03. The fourth-order valence-electron chi connectivity index (χ4n) is 0.572. The van der Waals surface area contributed by atoms with E-state index in [4.69, 9.17) is 10.2 Å². The van der Waals surface area contributed by atoms with E-state index in [1.54, 1.807) is 18.4 Å². The predicted octanol–water partition coefficient (Wildman–Crippen LogP) is 1.37. The van der Waals surface area contributed by atoms with Crippen LogP contribution in [0.25, 0.3) is 0 Å². The molecule has 1 aromatic heterocycles.